The average Bonchev–Trinajstić information content (AvgIpc) is 3.12. The SMILES string of the molecule is CC(C)N(C)C(=O)c1cc(F)ccc1-n1cc(C2CCCNC2O)c2ccncc21. The van der Waals surface area contributed by atoms with Crippen LogP contribution in [0, 0.1) is 5.82 Å². The van der Waals surface area contributed by atoms with Gasteiger partial charge in [0.15, 0.2) is 0 Å². The van der Waals surface area contributed by atoms with E-state index in [0.29, 0.717) is 11.3 Å². The molecule has 3 aromatic rings. The number of nitrogens with one attached hydrogen (secondary N) is 1. The number of rotatable bonds is 4. The molecule has 1 aromatic carbocycles. The quantitative estimate of drug-likeness (QED) is 0.691. The van der Waals surface area contributed by atoms with Crippen LogP contribution in [0.3, 0.4) is 0 Å². The number of halogens is 1. The topological polar surface area (TPSA) is 70.4 Å². The van der Waals surface area contributed by atoms with Crippen molar-refractivity contribution in [3.63, 3.8) is 0 Å². The zero-order chi connectivity index (χ0) is 21.4. The number of aromatic nitrogens is 2. The Kier molecular flexibility index (Phi) is 5.58. The van der Waals surface area contributed by atoms with Gasteiger partial charge in [-0.2, -0.15) is 0 Å². The van der Waals surface area contributed by atoms with E-state index in [1.165, 1.54) is 12.1 Å². The van der Waals surface area contributed by atoms with Gasteiger partial charge in [0.25, 0.3) is 5.91 Å². The molecule has 0 radical (unpaired) electrons. The summed E-state index contributed by atoms with van der Waals surface area (Å²) in [5.74, 6) is -0.769. The van der Waals surface area contributed by atoms with Gasteiger partial charge in [-0.05, 0) is 63.1 Å². The molecule has 2 unspecified atom stereocenters. The Labute approximate surface area is 175 Å². The van der Waals surface area contributed by atoms with Crippen molar-refractivity contribution < 1.29 is 14.3 Å². The molecule has 3 heterocycles. The fourth-order valence-electron chi connectivity index (χ4n) is 4.11. The Morgan fingerprint density at radius 3 is 2.90 bits per heavy atom. The minimum absolute atomic E-state index is 0.0179. The van der Waals surface area contributed by atoms with Gasteiger partial charge < -0.3 is 14.6 Å². The molecule has 2 atom stereocenters. The minimum Gasteiger partial charge on any atom is -0.378 e. The van der Waals surface area contributed by atoms with Crippen LogP contribution in [0.2, 0.25) is 0 Å². The summed E-state index contributed by atoms with van der Waals surface area (Å²) in [5, 5.41) is 14.6. The fourth-order valence-corrected chi connectivity index (χ4v) is 4.11. The van der Waals surface area contributed by atoms with E-state index in [9.17, 15) is 14.3 Å². The number of aliphatic hydroxyl groups is 1. The van der Waals surface area contributed by atoms with Crippen molar-refractivity contribution in [2.75, 3.05) is 13.6 Å². The zero-order valence-corrected chi connectivity index (χ0v) is 17.5. The first kappa shape index (κ1) is 20.5. The minimum atomic E-state index is -0.632. The molecular formula is C23H27FN4O2. The number of fused-ring (bicyclic) bond motifs is 1. The fraction of sp³-hybridized carbons (Fsp3) is 0.391. The van der Waals surface area contributed by atoms with Crippen molar-refractivity contribution in [1.82, 2.24) is 19.8 Å². The van der Waals surface area contributed by atoms with Gasteiger partial charge in [-0.3, -0.25) is 15.1 Å². The van der Waals surface area contributed by atoms with Crippen LogP contribution in [0.1, 0.15) is 48.5 Å². The average molecular weight is 410 g/mol. The highest BCUT2D eigenvalue weighted by Gasteiger charge is 2.28. The second kappa shape index (κ2) is 8.16. The van der Waals surface area contributed by atoms with Gasteiger partial charge in [-0.25, -0.2) is 4.39 Å². The summed E-state index contributed by atoms with van der Waals surface area (Å²) >= 11 is 0. The Balaban J connectivity index is 1.90. The molecule has 2 aromatic heterocycles. The predicted molar refractivity (Wildman–Crippen MR) is 114 cm³/mol. The van der Waals surface area contributed by atoms with Crippen LogP contribution < -0.4 is 5.32 Å². The molecule has 0 saturated carbocycles. The lowest BCUT2D eigenvalue weighted by molar-refractivity contribution is 0.0754. The second-order valence-corrected chi connectivity index (χ2v) is 8.17. The third-order valence-corrected chi connectivity index (χ3v) is 6.01. The summed E-state index contributed by atoms with van der Waals surface area (Å²) in [7, 11) is 1.71. The number of carbonyl (C=O) groups is 1. The summed E-state index contributed by atoms with van der Waals surface area (Å²) in [6.45, 7) is 4.62. The van der Waals surface area contributed by atoms with Gasteiger partial charge in [0.05, 0.1) is 23.0 Å². The lowest BCUT2D eigenvalue weighted by Gasteiger charge is -2.28. The molecule has 4 rings (SSSR count). The van der Waals surface area contributed by atoms with Crippen LogP contribution in [-0.2, 0) is 0 Å². The van der Waals surface area contributed by atoms with Gasteiger partial charge >= 0.3 is 0 Å². The number of carbonyl (C=O) groups excluding carboxylic acids is 1. The molecule has 1 aliphatic rings. The summed E-state index contributed by atoms with van der Waals surface area (Å²) in [6, 6.07) is 6.18. The van der Waals surface area contributed by atoms with E-state index >= 15 is 0 Å². The number of aliphatic hydroxyl groups excluding tert-OH is 1. The Bertz CT molecular complexity index is 1080. The van der Waals surface area contributed by atoms with Crippen LogP contribution in [0.5, 0.6) is 0 Å². The Hall–Kier alpha value is -2.77. The summed E-state index contributed by atoms with van der Waals surface area (Å²) in [4.78, 5) is 19.0. The van der Waals surface area contributed by atoms with Crippen molar-refractivity contribution in [2.45, 2.75) is 44.9 Å². The number of benzene rings is 1. The summed E-state index contributed by atoms with van der Waals surface area (Å²) < 4.78 is 16.0. The molecule has 6 nitrogen and oxygen atoms in total. The van der Waals surface area contributed by atoms with Crippen molar-refractivity contribution in [1.29, 1.82) is 0 Å². The van der Waals surface area contributed by atoms with Gasteiger partial charge in [-0.15, -0.1) is 0 Å². The third kappa shape index (κ3) is 3.59. The molecule has 0 spiro atoms. The Morgan fingerprint density at radius 1 is 1.37 bits per heavy atom. The van der Waals surface area contributed by atoms with Gasteiger partial charge in [0, 0.05) is 36.8 Å². The first-order valence-electron chi connectivity index (χ1n) is 10.3. The highest BCUT2D eigenvalue weighted by Crippen LogP contribution is 2.35. The van der Waals surface area contributed by atoms with Crippen LogP contribution >= 0.6 is 0 Å². The predicted octanol–water partition coefficient (Wildman–Crippen LogP) is 3.43. The highest BCUT2D eigenvalue weighted by molar-refractivity contribution is 5.99. The van der Waals surface area contributed by atoms with E-state index in [2.05, 4.69) is 10.3 Å². The lowest BCUT2D eigenvalue weighted by Crippen LogP contribution is -2.39. The van der Waals surface area contributed by atoms with E-state index in [1.54, 1.807) is 30.4 Å². The standard InChI is InChI=1S/C23H27FN4O2/c1-14(2)27(3)23(30)18-11-15(24)6-7-20(18)28-13-19(16-8-10-25-12-21(16)28)17-5-4-9-26-22(17)29/h6-8,10-14,17,22,26,29H,4-5,9H2,1-3H3. The maximum atomic E-state index is 14.1. The first-order chi connectivity index (χ1) is 14.4. The van der Waals surface area contributed by atoms with Crippen LogP contribution in [0.25, 0.3) is 16.6 Å². The zero-order valence-electron chi connectivity index (χ0n) is 17.5. The lowest BCUT2D eigenvalue weighted by atomic mass is 9.90. The number of amides is 1. The van der Waals surface area contributed by atoms with Crippen LogP contribution in [0.15, 0.2) is 42.9 Å². The number of piperidine rings is 1. The molecular weight excluding hydrogens is 383 g/mol. The van der Waals surface area contributed by atoms with Crippen LogP contribution in [0.4, 0.5) is 4.39 Å². The molecule has 0 bridgehead atoms. The van der Waals surface area contributed by atoms with Crippen molar-refractivity contribution in [3.8, 4) is 5.69 Å². The molecule has 2 N–H and O–H groups in total. The third-order valence-electron chi connectivity index (χ3n) is 6.01. The van der Waals surface area contributed by atoms with E-state index in [0.717, 1.165) is 35.9 Å². The van der Waals surface area contributed by atoms with Crippen molar-refractivity contribution in [2.24, 2.45) is 0 Å². The molecule has 1 saturated heterocycles. The molecule has 7 heteroatoms. The molecule has 0 aliphatic carbocycles. The largest absolute Gasteiger partial charge is 0.378 e. The number of hydrogen-bond acceptors (Lipinski definition) is 4. The van der Waals surface area contributed by atoms with E-state index < -0.39 is 12.0 Å². The molecule has 1 fully saturated rings. The first-order valence-corrected chi connectivity index (χ1v) is 10.3. The maximum Gasteiger partial charge on any atom is 0.256 e. The van der Waals surface area contributed by atoms with Gasteiger partial charge in [0.1, 0.15) is 12.0 Å². The van der Waals surface area contributed by atoms with E-state index in [4.69, 9.17) is 0 Å². The van der Waals surface area contributed by atoms with E-state index in [-0.39, 0.29) is 17.9 Å². The second-order valence-electron chi connectivity index (χ2n) is 8.17. The highest BCUT2D eigenvalue weighted by atomic mass is 19.1. The Morgan fingerprint density at radius 2 is 2.17 bits per heavy atom. The molecule has 1 aliphatic heterocycles. The summed E-state index contributed by atoms with van der Waals surface area (Å²) in [6.07, 6.45) is 6.62. The van der Waals surface area contributed by atoms with Crippen molar-refractivity contribution >= 4 is 16.8 Å². The number of hydrogen-bond donors (Lipinski definition) is 2. The number of nitrogens with zero attached hydrogens (tertiary/aromatic N) is 3. The van der Waals surface area contributed by atoms with Gasteiger partial charge in [-0.1, -0.05) is 0 Å². The summed E-state index contributed by atoms with van der Waals surface area (Å²) in [5.41, 5.74) is 2.70. The molecule has 1 amide bonds. The normalized spacial score (nSPS) is 19.4. The van der Waals surface area contributed by atoms with Gasteiger partial charge in [0.2, 0.25) is 0 Å². The smallest absolute Gasteiger partial charge is 0.256 e. The van der Waals surface area contributed by atoms with Crippen LogP contribution in [-0.4, -0.2) is 51.3 Å². The monoisotopic (exact) mass is 410 g/mol. The maximum absolute atomic E-state index is 14.1. The molecule has 158 valence electrons. The van der Waals surface area contributed by atoms with Crippen molar-refractivity contribution in [3.05, 3.63) is 59.8 Å². The van der Waals surface area contributed by atoms with E-state index in [1.807, 2.05) is 30.7 Å². The number of pyridine rings is 1. The molecule has 30 heavy (non-hydrogen) atoms.